The van der Waals surface area contributed by atoms with E-state index in [1.54, 1.807) is 10.9 Å². The topological polar surface area (TPSA) is 76.4 Å². The fourth-order valence-corrected chi connectivity index (χ4v) is 4.35. The van der Waals surface area contributed by atoms with Crippen molar-refractivity contribution in [2.45, 2.75) is 25.5 Å². The fraction of sp³-hybridized carbons (Fsp3) is 0.368. The molecule has 1 fully saturated rings. The van der Waals surface area contributed by atoms with Gasteiger partial charge in [-0.25, -0.2) is 4.98 Å². The molecular formula is C19H21N3O3S. The number of nitrogens with one attached hydrogen (secondary N) is 1. The third kappa shape index (κ3) is 3.02. The van der Waals surface area contributed by atoms with Crippen LogP contribution in [0.5, 0.6) is 5.75 Å². The predicted molar refractivity (Wildman–Crippen MR) is 103 cm³/mol. The van der Waals surface area contributed by atoms with Crippen molar-refractivity contribution >= 4 is 21.6 Å². The molecule has 4 rings (SSSR count). The average molecular weight is 371 g/mol. The second kappa shape index (κ2) is 7.19. The third-order valence-electron chi connectivity index (χ3n) is 4.77. The van der Waals surface area contributed by atoms with Crippen molar-refractivity contribution in [1.82, 2.24) is 14.9 Å². The van der Waals surface area contributed by atoms with Crippen LogP contribution in [0.4, 0.5) is 0 Å². The summed E-state index contributed by atoms with van der Waals surface area (Å²) in [4.78, 5) is 18.4. The minimum Gasteiger partial charge on any atom is -0.494 e. The van der Waals surface area contributed by atoms with E-state index in [9.17, 15) is 9.90 Å². The zero-order chi connectivity index (χ0) is 18.1. The van der Waals surface area contributed by atoms with Crippen LogP contribution in [0.1, 0.15) is 19.4 Å². The molecule has 0 spiro atoms. The van der Waals surface area contributed by atoms with Crippen LogP contribution in [-0.2, 0) is 0 Å². The summed E-state index contributed by atoms with van der Waals surface area (Å²) >= 11 is 1.46. The summed E-state index contributed by atoms with van der Waals surface area (Å²) in [6, 6.07) is 7.50. The number of nitrogens with zero attached hydrogens (tertiary/aromatic N) is 2. The van der Waals surface area contributed by atoms with Gasteiger partial charge in [0.2, 0.25) is 0 Å². The van der Waals surface area contributed by atoms with Gasteiger partial charge in [-0.1, -0.05) is 12.1 Å². The lowest BCUT2D eigenvalue weighted by molar-refractivity contribution is 0.0852. The number of aromatic nitrogens is 2. The highest BCUT2D eigenvalue weighted by Crippen LogP contribution is 2.32. The molecule has 7 heteroatoms. The normalized spacial score (nSPS) is 20.4. The highest BCUT2D eigenvalue weighted by Gasteiger charge is 2.26. The van der Waals surface area contributed by atoms with Gasteiger partial charge in [0.25, 0.3) is 5.56 Å². The number of piperidine rings is 1. The summed E-state index contributed by atoms with van der Waals surface area (Å²) in [5.41, 5.74) is 1.75. The van der Waals surface area contributed by atoms with Gasteiger partial charge in [0.1, 0.15) is 10.6 Å². The fourth-order valence-electron chi connectivity index (χ4n) is 3.44. The van der Waals surface area contributed by atoms with Crippen molar-refractivity contribution in [1.29, 1.82) is 0 Å². The highest BCUT2D eigenvalue weighted by atomic mass is 32.1. The van der Waals surface area contributed by atoms with Gasteiger partial charge in [0.15, 0.2) is 0 Å². The lowest BCUT2D eigenvalue weighted by atomic mass is 10.0. The first-order valence-electron chi connectivity index (χ1n) is 8.79. The van der Waals surface area contributed by atoms with Gasteiger partial charge in [-0.3, -0.25) is 9.36 Å². The number of ether oxygens (including phenoxy) is 1. The largest absolute Gasteiger partial charge is 0.494 e. The molecule has 1 aliphatic heterocycles. The van der Waals surface area contributed by atoms with Gasteiger partial charge in [-0.2, -0.15) is 0 Å². The lowest BCUT2D eigenvalue weighted by Crippen LogP contribution is -2.44. The molecule has 1 saturated heterocycles. The number of β-amino-alcohol motifs (C(OH)–C–C–N with tert-alkyl or cyclic N) is 1. The van der Waals surface area contributed by atoms with Gasteiger partial charge in [-0.15, -0.1) is 11.3 Å². The summed E-state index contributed by atoms with van der Waals surface area (Å²) in [5.74, 6) is 0.809. The van der Waals surface area contributed by atoms with Crippen LogP contribution >= 0.6 is 11.3 Å². The van der Waals surface area contributed by atoms with Gasteiger partial charge in [0.05, 0.1) is 30.5 Å². The first-order chi connectivity index (χ1) is 12.7. The van der Waals surface area contributed by atoms with Crippen LogP contribution in [0, 0.1) is 0 Å². The molecule has 0 aliphatic carbocycles. The molecule has 0 bridgehead atoms. The molecule has 0 radical (unpaired) electrons. The molecule has 3 heterocycles. The number of hydrogen-bond acceptors (Lipinski definition) is 6. The number of aliphatic hydroxyl groups excluding tert-OH is 1. The summed E-state index contributed by atoms with van der Waals surface area (Å²) in [6.07, 6.45) is 1.69. The van der Waals surface area contributed by atoms with Crippen LogP contribution in [0.2, 0.25) is 0 Å². The molecule has 1 aliphatic rings. The van der Waals surface area contributed by atoms with E-state index in [0.717, 1.165) is 28.3 Å². The summed E-state index contributed by atoms with van der Waals surface area (Å²) in [7, 11) is 0. The first-order valence-corrected chi connectivity index (χ1v) is 9.67. The number of rotatable bonds is 4. The monoisotopic (exact) mass is 371 g/mol. The zero-order valence-corrected chi connectivity index (χ0v) is 15.3. The minimum absolute atomic E-state index is 0.0916. The van der Waals surface area contributed by atoms with Crippen molar-refractivity contribution in [3.63, 3.8) is 0 Å². The SMILES string of the molecule is CCOc1ccc(-c2csc3ncn([C@@H]4CCNC[C@H]4O)c(=O)c23)cc1. The van der Waals surface area contributed by atoms with E-state index in [-0.39, 0.29) is 11.6 Å². The van der Waals surface area contributed by atoms with Crippen molar-refractivity contribution < 1.29 is 9.84 Å². The Labute approximate surface area is 155 Å². The van der Waals surface area contributed by atoms with Gasteiger partial charge in [-0.05, 0) is 37.6 Å². The Morgan fingerprint density at radius 2 is 2.19 bits per heavy atom. The van der Waals surface area contributed by atoms with Crippen LogP contribution in [-0.4, -0.2) is 40.5 Å². The minimum atomic E-state index is -0.590. The molecule has 3 aromatic rings. The van der Waals surface area contributed by atoms with Gasteiger partial charge in [0, 0.05) is 17.5 Å². The number of fused-ring (bicyclic) bond motifs is 1. The average Bonchev–Trinajstić information content (AvgIpc) is 3.09. The van der Waals surface area contributed by atoms with Gasteiger partial charge >= 0.3 is 0 Å². The summed E-state index contributed by atoms with van der Waals surface area (Å²) in [5, 5.41) is 16.0. The Morgan fingerprint density at radius 1 is 1.38 bits per heavy atom. The van der Waals surface area contributed by atoms with Crippen LogP contribution < -0.4 is 15.6 Å². The van der Waals surface area contributed by atoms with Crippen molar-refractivity contribution in [3.05, 3.63) is 46.3 Å². The lowest BCUT2D eigenvalue weighted by Gasteiger charge is -2.29. The van der Waals surface area contributed by atoms with E-state index in [1.807, 2.05) is 36.6 Å². The Bertz CT molecular complexity index is 964. The van der Waals surface area contributed by atoms with Crippen LogP contribution in [0.25, 0.3) is 21.3 Å². The molecule has 0 amide bonds. The maximum Gasteiger partial charge on any atom is 0.263 e. The standard InChI is InChI=1S/C19H21N3O3S/c1-2-25-13-5-3-12(4-6-13)14-10-26-18-17(14)19(24)22(11-21-18)15-7-8-20-9-16(15)23/h3-6,10-11,15-16,20,23H,2,7-9H2,1H3/t15-,16-/m1/s1. The molecule has 6 nitrogen and oxygen atoms in total. The molecule has 26 heavy (non-hydrogen) atoms. The van der Waals surface area contributed by atoms with E-state index in [0.29, 0.717) is 25.0 Å². The Balaban J connectivity index is 1.79. The molecule has 1 aromatic carbocycles. The first kappa shape index (κ1) is 17.2. The molecule has 0 saturated carbocycles. The maximum absolute atomic E-state index is 13.2. The van der Waals surface area contributed by atoms with E-state index in [1.165, 1.54) is 11.3 Å². The molecular weight excluding hydrogens is 350 g/mol. The number of hydrogen-bond donors (Lipinski definition) is 2. The van der Waals surface area contributed by atoms with E-state index in [2.05, 4.69) is 10.3 Å². The molecule has 136 valence electrons. The second-order valence-electron chi connectivity index (χ2n) is 6.37. The maximum atomic E-state index is 13.2. The van der Waals surface area contributed by atoms with E-state index in [4.69, 9.17) is 4.74 Å². The molecule has 2 atom stereocenters. The third-order valence-corrected chi connectivity index (χ3v) is 5.65. The smallest absolute Gasteiger partial charge is 0.263 e. The highest BCUT2D eigenvalue weighted by molar-refractivity contribution is 7.17. The second-order valence-corrected chi connectivity index (χ2v) is 7.23. The molecule has 0 unspecified atom stereocenters. The van der Waals surface area contributed by atoms with Crippen molar-refractivity contribution in [3.8, 4) is 16.9 Å². The Hall–Kier alpha value is -2.22. The number of benzene rings is 1. The zero-order valence-electron chi connectivity index (χ0n) is 14.5. The van der Waals surface area contributed by atoms with Gasteiger partial charge < -0.3 is 15.2 Å². The van der Waals surface area contributed by atoms with E-state index >= 15 is 0 Å². The Kier molecular flexibility index (Phi) is 4.76. The van der Waals surface area contributed by atoms with Crippen LogP contribution in [0.15, 0.2) is 40.8 Å². The van der Waals surface area contributed by atoms with Crippen molar-refractivity contribution in [2.24, 2.45) is 0 Å². The number of thiophene rings is 1. The van der Waals surface area contributed by atoms with Crippen LogP contribution in [0.3, 0.4) is 0 Å². The molecule has 2 aromatic heterocycles. The Morgan fingerprint density at radius 3 is 2.92 bits per heavy atom. The van der Waals surface area contributed by atoms with Crippen molar-refractivity contribution in [2.75, 3.05) is 19.7 Å². The van der Waals surface area contributed by atoms with E-state index < -0.39 is 6.10 Å². The predicted octanol–water partition coefficient (Wildman–Crippen LogP) is 2.42. The molecule has 2 N–H and O–H groups in total. The summed E-state index contributed by atoms with van der Waals surface area (Å²) in [6.45, 7) is 3.84. The summed E-state index contributed by atoms with van der Waals surface area (Å²) < 4.78 is 7.09. The number of aliphatic hydroxyl groups is 1. The quantitative estimate of drug-likeness (QED) is 0.737.